The van der Waals surface area contributed by atoms with Crippen LogP contribution in [0.4, 0.5) is 0 Å². The van der Waals surface area contributed by atoms with E-state index < -0.39 is 35.9 Å². The third kappa shape index (κ3) is 3.48. The van der Waals surface area contributed by atoms with Gasteiger partial charge < -0.3 is 19.5 Å². The predicted molar refractivity (Wildman–Crippen MR) is 101 cm³/mol. The first-order valence-corrected chi connectivity index (χ1v) is 9.93. The number of rotatable bonds is 7. The average Bonchev–Trinajstić information content (AvgIpc) is 3.37. The summed E-state index contributed by atoms with van der Waals surface area (Å²) in [5.74, 6) is -2.90. The molecule has 7 nitrogen and oxygen atoms in total. The molecule has 0 aromatic rings. The fourth-order valence-electron chi connectivity index (χ4n) is 5.23. The Morgan fingerprint density at radius 2 is 2.14 bits per heavy atom. The van der Waals surface area contributed by atoms with Crippen LogP contribution in [0, 0.1) is 23.7 Å². The fourth-order valence-corrected chi connectivity index (χ4v) is 5.23. The molecular weight excluding hydrogens is 362 g/mol. The molecule has 3 aliphatic rings. The van der Waals surface area contributed by atoms with Crippen molar-refractivity contribution in [3.63, 3.8) is 0 Å². The molecule has 3 fully saturated rings. The van der Waals surface area contributed by atoms with Crippen molar-refractivity contribution in [3.05, 3.63) is 25.3 Å². The van der Waals surface area contributed by atoms with Gasteiger partial charge in [0.2, 0.25) is 5.91 Å². The van der Waals surface area contributed by atoms with Crippen molar-refractivity contribution in [1.82, 2.24) is 4.90 Å². The number of aliphatic hydroxyl groups excluding tert-OH is 1. The molecule has 1 N–H and O–H groups in total. The van der Waals surface area contributed by atoms with Crippen molar-refractivity contribution < 1.29 is 29.0 Å². The van der Waals surface area contributed by atoms with Gasteiger partial charge in [-0.3, -0.25) is 9.59 Å². The average molecular weight is 391 g/mol. The zero-order valence-corrected chi connectivity index (χ0v) is 16.3. The molecule has 2 saturated heterocycles. The number of hydrogen-bond donors (Lipinski definition) is 1. The molecule has 28 heavy (non-hydrogen) atoms. The summed E-state index contributed by atoms with van der Waals surface area (Å²) in [4.78, 5) is 39.8. The predicted octanol–water partition coefficient (Wildman–Crippen LogP) is 1.46. The fraction of sp³-hybridized carbons (Fsp3) is 0.667. The molecule has 2 aliphatic heterocycles. The molecule has 0 bridgehead atoms. The van der Waals surface area contributed by atoms with E-state index in [1.165, 1.54) is 12.0 Å². The Labute approximate surface area is 165 Å². The molecule has 1 saturated carbocycles. The van der Waals surface area contributed by atoms with Gasteiger partial charge in [0.05, 0.1) is 25.0 Å². The summed E-state index contributed by atoms with van der Waals surface area (Å²) in [6.45, 7) is 7.84. The van der Waals surface area contributed by atoms with Crippen molar-refractivity contribution in [2.24, 2.45) is 23.7 Å². The third-order valence-electron chi connectivity index (χ3n) is 6.47. The SMILES string of the molecule is C=CC[C@H](O)[C@@H]1C[C@H]2[C@H](C(=O)O[C@@H]2CC=C)[C@@H]1C(=O)N1CCC[C@H]1C(=O)OC. The maximum absolute atomic E-state index is 13.5. The van der Waals surface area contributed by atoms with Gasteiger partial charge in [0.1, 0.15) is 12.1 Å². The van der Waals surface area contributed by atoms with Gasteiger partial charge >= 0.3 is 11.9 Å². The molecule has 2 heterocycles. The molecule has 0 radical (unpaired) electrons. The standard InChI is InChI=1S/C21H29NO6/c1-4-7-15(23)12-11-13-16(8-5-2)28-21(26)18(13)17(12)19(24)22-10-6-9-14(22)20(25)27-3/h4-5,12-18,23H,1-2,6-11H2,3H3/t12-,13+,14-,15-,16+,17+,18-/m0/s1. The maximum Gasteiger partial charge on any atom is 0.328 e. The van der Waals surface area contributed by atoms with E-state index >= 15 is 0 Å². The van der Waals surface area contributed by atoms with E-state index in [2.05, 4.69) is 13.2 Å². The van der Waals surface area contributed by atoms with E-state index in [1.54, 1.807) is 12.2 Å². The lowest BCUT2D eigenvalue weighted by atomic mass is 9.82. The van der Waals surface area contributed by atoms with Crippen LogP contribution in [0.5, 0.6) is 0 Å². The minimum Gasteiger partial charge on any atom is -0.467 e. The number of amides is 1. The molecule has 0 unspecified atom stereocenters. The number of ether oxygens (including phenoxy) is 2. The van der Waals surface area contributed by atoms with Crippen molar-refractivity contribution in [2.75, 3.05) is 13.7 Å². The van der Waals surface area contributed by atoms with Crippen molar-refractivity contribution in [1.29, 1.82) is 0 Å². The van der Waals surface area contributed by atoms with Crippen LogP contribution in [0.15, 0.2) is 25.3 Å². The number of cyclic esters (lactones) is 1. The van der Waals surface area contributed by atoms with E-state index in [0.29, 0.717) is 38.6 Å². The van der Waals surface area contributed by atoms with Crippen molar-refractivity contribution >= 4 is 17.8 Å². The van der Waals surface area contributed by atoms with E-state index in [4.69, 9.17) is 9.47 Å². The molecule has 3 rings (SSSR count). The second kappa shape index (κ2) is 8.47. The van der Waals surface area contributed by atoms with Gasteiger partial charge in [0.15, 0.2) is 0 Å². The van der Waals surface area contributed by atoms with Gasteiger partial charge in [-0.05, 0) is 31.6 Å². The van der Waals surface area contributed by atoms with Crippen LogP contribution in [0.2, 0.25) is 0 Å². The Morgan fingerprint density at radius 1 is 1.39 bits per heavy atom. The monoisotopic (exact) mass is 391 g/mol. The summed E-state index contributed by atoms with van der Waals surface area (Å²) < 4.78 is 10.4. The molecule has 7 heteroatoms. The Hall–Kier alpha value is -2.15. The van der Waals surface area contributed by atoms with Crippen LogP contribution < -0.4 is 0 Å². The van der Waals surface area contributed by atoms with Gasteiger partial charge in [-0.25, -0.2) is 4.79 Å². The number of methoxy groups -OCH3 is 1. The summed E-state index contributed by atoms with van der Waals surface area (Å²) in [5, 5.41) is 10.7. The van der Waals surface area contributed by atoms with E-state index in [0.717, 1.165) is 0 Å². The highest BCUT2D eigenvalue weighted by atomic mass is 16.6. The topological polar surface area (TPSA) is 93.1 Å². The molecule has 0 spiro atoms. The minimum atomic E-state index is -0.770. The number of esters is 2. The first-order chi connectivity index (χ1) is 13.4. The highest BCUT2D eigenvalue weighted by Gasteiger charge is 2.60. The van der Waals surface area contributed by atoms with E-state index in [-0.39, 0.29) is 23.8 Å². The summed E-state index contributed by atoms with van der Waals surface area (Å²) in [6, 6.07) is -0.629. The Balaban J connectivity index is 1.91. The summed E-state index contributed by atoms with van der Waals surface area (Å²) in [5.41, 5.74) is 0. The van der Waals surface area contributed by atoms with Gasteiger partial charge in [0, 0.05) is 18.9 Å². The number of carbonyl (C=O) groups excluding carboxylic acids is 3. The van der Waals surface area contributed by atoms with Crippen LogP contribution >= 0.6 is 0 Å². The Kier molecular flexibility index (Phi) is 6.23. The highest BCUT2D eigenvalue weighted by Crippen LogP contribution is 2.52. The lowest BCUT2D eigenvalue weighted by Crippen LogP contribution is -2.48. The number of nitrogens with zero attached hydrogens (tertiary/aromatic N) is 1. The van der Waals surface area contributed by atoms with E-state index in [1.807, 2.05) is 0 Å². The minimum absolute atomic E-state index is 0.136. The number of carbonyl (C=O) groups is 3. The molecule has 1 aliphatic carbocycles. The number of hydrogen-bond acceptors (Lipinski definition) is 6. The molecule has 7 atom stereocenters. The normalized spacial score (nSPS) is 35.2. The number of fused-ring (bicyclic) bond motifs is 1. The van der Waals surface area contributed by atoms with Gasteiger partial charge in [-0.2, -0.15) is 0 Å². The lowest BCUT2D eigenvalue weighted by Gasteiger charge is -2.31. The molecule has 0 aromatic carbocycles. The maximum atomic E-state index is 13.5. The number of aliphatic hydroxyl groups is 1. The summed E-state index contributed by atoms with van der Waals surface area (Å²) in [6.07, 6.45) is 4.87. The second-order valence-electron chi connectivity index (χ2n) is 7.92. The van der Waals surface area contributed by atoms with Crippen LogP contribution in [-0.4, -0.2) is 59.8 Å². The van der Waals surface area contributed by atoms with Crippen LogP contribution in [0.1, 0.15) is 32.1 Å². The molecule has 1 amide bonds. The van der Waals surface area contributed by atoms with Crippen molar-refractivity contribution in [2.45, 2.75) is 50.4 Å². The molecular formula is C21H29NO6. The summed E-state index contributed by atoms with van der Waals surface area (Å²) >= 11 is 0. The highest BCUT2D eigenvalue weighted by molar-refractivity contribution is 5.91. The molecule has 154 valence electrons. The Bertz CT molecular complexity index is 661. The quantitative estimate of drug-likeness (QED) is 0.522. The first-order valence-electron chi connectivity index (χ1n) is 9.93. The largest absolute Gasteiger partial charge is 0.467 e. The third-order valence-corrected chi connectivity index (χ3v) is 6.47. The zero-order valence-electron chi connectivity index (χ0n) is 16.3. The van der Waals surface area contributed by atoms with Crippen molar-refractivity contribution in [3.8, 4) is 0 Å². The summed E-state index contributed by atoms with van der Waals surface area (Å²) in [7, 11) is 1.31. The van der Waals surface area contributed by atoms with Gasteiger partial charge in [-0.15, -0.1) is 13.2 Å². The van der Waals surface area contributed by atoms with E-state index in [9.17, 15) is 19.5 Å². The molecule has 0 aromatic heterocycles. The van der Waals surface area contributed by atoms with Gasteiger partial charge in [-0.1, -0.05) is 12.2 Å². The zero-order chi connectivity index (χ0) is 20.4. The van der Waals surface area contributed by atoms with Crippen LogP contribution in [0.3, 0.4) is 0 Å². The van der Waals surface area contributed by atoms with Crippen LogP contribution in [-0.2, 0) is 23.9 Å². The lowest BCUT2D eigenvalue weighted by molar-refractivity contribution is -0.157. The van der Waals surface area contributed by atoms with Crippen LogP contribution in [0.25, 0.3) is 0 Å². The smallest absolute Gasteiger partial charge is 0.328 e. The first kappa shape index (κ1) is 20.6. The number of likely N-dealkylation sites (tertiary alicyclic amines) is 1. The second-order valence-corrected chi connectivity index (χ2v) is 7.92. The van der Waals surface area contributed by atoms with Gasteiger partial charge in [0.25, 0.3) is 0 Å². The Morgan fingerprint density at radius 3 is 2.79 bits per heavy atom.